The third-order valence-electron chi connectivity index (χ3n) is 4.30. The van der Waals surface area contributed by atoms with Crippen molar-refractivity contribution >= 4 is 5.91 Å². The molecule has 5 heteroatoms. The van der Waals surface area contributed by atoms with Gasteiger partial charge in [0.05, 0.1) is 0 Å². The van der Waals surface area contributed by atoms with Crippen LogP contribution in [0.2, 0.25) is 0 Å². The van der Waals surface area contributed by atoms with Crippen LogP contribution in [-0.4, -0.2) is 16.8 Å². The summed E-state index contributed by atoms with van der Waals surface area (Å²) in [6, 6.07) is 17.5. The summed E-state index contributed by atoms with van der Waals surface area (Å²) in [5.41, 5.74) is 11.5. The van der Waals surface area contributed by atoms with Crippen LogP contribution in [0.4, 0.5) is 0 Å². The van der Waals surface area contributed by atoms with Gasteiger partial charge >= 0.3 is 0 Å². The molecule has 0 aromatic heterocycles. The smallest absolute Gasteiger partial charge is 0.255 e. The number of nitrogens with zero attached hydrogens (tertiary/aromatic N) is 4. The third-order valence-corrected chi connectivity index (χ3v) is 4.30. The Morgan fingerprint density at radius 2 is 1.87 bits per heavy atom. The quantitative estimate of drug-likeness (QED) is 0.456. The van der Waals surface area contributed by atoms with Gasteiger partial charge < -0.3 is 4.90 Å². The summed E-state index contributed by atoms with van der Waals surface area (Å²) in [5, 5.41) is 3.86. The van der Waals surface area contributed by atoms with E-state index < -0.39 is 6.17 Å². The number of hydrogen-bond donors (Lipinski definition) is 0. The summed E-state index contributed by atoms with van der Waals surface area (Å²) in [6.07, 6.45) is 1.15. The van der Waals surface area contributed by atoms with Gasteiger partial charge in [-0.2, -0.15) is 0 Å². The first-order valence-corrected chi connectivity index (χ1v) is 7.72. The lowest BCUT2D eigenvalue weighted by molar-refractivity contribution is 0.0641. The van der Waals surface area contributed by atoms with Gasteiger partial charge in [0.15, 0.2) is 0 Å². The van der Waals surface area contributed by atoms with E-state index in [2.05, 4.69) is 22.2 Å². The van der Waals surface area contributed by atoms with Crippen LogP contribution >= 0.6 is 0 Å². The topological polar surface area (TPSA) is 69.1 Å². The first kappa shape index (κ1) is 15.1. The van der Waals surface area contributed by atoms with Crippen molar-refractivity contribution < 1.29 is 4.79 Å². The van der Waals surface area contributed by atoms with Crippen molar-refractivity contribution in [3.63, 3.8) is 0 Å². The highest BCUT2D eigenvalue weighted by Crippen LogP contribution is 2.36. The Morgan fingerprint density at radius 3 is 2.61 bits per heavy atom. The van der Waals surface area contributed by atoms with E-state index in [-0.39, 0.29) is 11.9 Å². The van der Waals surface area contributed by atoms with Crippen molar-refractivity contribution in [3.8, 4) is 0 Å². The number of aryl methyl sites for hydroxylation is 1. The lowest BCUT2D eigenvalue weighted by Gasteiger charge is -2.28. The number of carbonyl (C=O) groups is 1. The summed E-state index contributed by atoms with van der Waals surface area (Å²) in [4.78, 5) is 17.3. The summed E-state index contributed by atoms with van der Waals surface area (Å²) < 4.78 is 0. The van der Waals surface area contributed by atoms with E-state index in [1.165, 1.54) is 5.56 Å². The zero-order chi connectivity index (χ0) is 16.2. The number of fused-ring (bicyclic) bond motifs is 1. The zero-order valence-corrected chi connectivity index (χ0v) is 13.0. The van der Waals surface area contributed by atoms with Gasteiger partial charge in [0.1, 0.15) is 6.17 Å². The number of hydrogen-bond acceptors (Lipinski definition) is 2. The van der Waals surface area contributed by atoms with Crippen molar-refractivity contribution in [2.24, 2.45) is 5.11 Å². The zero-order valence-electron chi connectivity index (χ0n) is 13.0. The Kier molecular flexibility index (Phi) is 4.31. The molecule has 0 bridgehead atoms. The minimum atomic E-state index is -0.547. The van der Waals surface area contributed by atoms with Gasteiger partial charge in [-0.1, -0.05) is 53.6 Å². The largest absolute Gasteiger partial charge is 0.323 e. The molecule has 0 saturated carbocycles. The van der Waals surface area contributed by atoms with Gasteiger partial charge in [0, 0.05) is 16.5 Å². The van der Waals surface area contributed by atoms with Gasteiger partial charge in [-0.3, -0.25) is 4.79 Å². The number of azide groups is 1. The fourth-order valence-corrected chi connectivity index (χ4v) is 3.08. The fourth-order valence-electron chi connectivity index (χ4n) is 3.08. The highest BCUT2D eigenvalue weighted by molar-refractivity contribution is 5.99. The molecule has 0 spiro atoms. The summed E-state index contributed by atoms with van der Waals surface area (Å²) in [6.45, 7) is 2.01. The van der Waals surface area contributed by atoms with Gasteiger partial charge in [-0.25, -0.2) is 0 Å². The van der Waals surface area contributed by atoms with Crippen molar-refractivity contribution in [2.45, 2.75) is 32.0 Å². The van der Waals surface area contributed by atoms with Crippen LogP contribution in [0.3, 0.4) is 0 Å². The second kappa shape index (κ2) is 6.55. The van der Waals surface area contributed by atoms with Crippen molar-refractivity contribution in [1.29, 1.82) is 0 Å². The highest BCUT2D eigenvalue weighted by Gasteiger charge is 2.38. The first-order chi connectivity index (χ1) is 11.2. The molecule has 0 N–H and O–H groups in total. The molecule has 5 nitrogen and oxygen atoms in total. The fraction of sp³-hybridized carbons (Fsp3) is 0.278. The molecule has 1 aliphatic rings. The summed E-state index contributed by atoms with van der Waals surface area (Å²) in [5.74, 6) is -0.0569. The lowest BCUT2D eigenvalue weighted by atomic mass is 10.1. The molecule has 0 saturated heterocycles. The average molecular weight is 306 g/mol. The molecule has 0 aliphatic carbocycles. The molecule has 1 heterocycles. The van der Waals surface area contributed by atoms with Gasteiger partial charge in [0.25, 0.3) is 5.91 Å². The average Bonchev–Trinajstić information content (AvgIpc) is 2.87. The lowest BCUT2D eigenvalue weighted by Crippen LogP contribution is -2.36. The Hall–Kier alpha value is -2.78. The van der Waals surface area contributed by atoms with Crippen LogP contribution in [-0.2, 0) is 6.42 Å². The monoisotopic (exact) mass is 306 g/mol. The molecule has 0 fully saturated rings. The van der Waals surface area contributed by atoms with Crippen molar-refractivity contribution in [2.75, 3.05) is 0 Å². The van der Waals surface area contributed by atoms with E-state index in [0.29, 0.717) is 5.56 Å². The van der Waals surface area contributed by atoms with E-state index in [0.717, 1.165) is 18.4 Å². The van der Waals surface area contributed by atoms with Gasteiger partial charge in [0.2, 0.25) is 0 Å². The normalized spacial score (nSPS) is 17.5. The molecular weight excluding hydrogens is 288 g/mol. The molecule has 1 amide bonds. The molecule has 23 heavy (non-hydrogen) atoms. The number of carbonyl (C=O) groups excluding carboxylic acids is 1. The van der Waals surface area contributed by atoms with Gasteiger partial charge in [-0.05, 0) is 42.5 Å². The first-order valence-electron chi connectivity index (χ1n) is 7.72. The Bertz CT molecular complexity index is 753. The predicted octanol–water partition coefficient (Wildman–Crippen LogP) is 4.47. The number of rotatable bonds is 5. The minimum Gasteiger partial charge on any atom is -0.323 e. The third kappa shape index (κ3) is 2.91. The van der Waals surface area contributed by atoms with Crippen LogP contribution in [0.15, 0.2) is 59.7 Å². The summed E-state index contributed by atoms with van der Waals surface area (Å²) in [7, 11) is 0. The molecule has 2 atom stereocenters. The second-order valence-electron chi connectivity index (χ2n) is 5.75. The maximum atomic E-state index is 12.7. The molecule has 3 rings (SSSR count). The Morgan fingerprint density at radius 1 is 1.17 bits per heavy atom. The number of benzene rings is 2. The maximum Gasteiger partial charge on any atom is 0.255 e. The van der Waals surface area contributed by atoms with E-state index in [1.54, 1.807) is 11.0 Å². The molecule has 2 aromatic rings. The Balaban J connectivity index is 1.80. The molecular formula is C18H18N4O. The molecule has 1 aliphatic heterocycles. The molecule has 116 valence electrons. The predicted molar refractivity (Wildman–Crippen MR) is 88.7 cm³/mol. The van der Waals surface area contributed by atoms with Crippen LogP contribution in [0.25, 0.3) is 10.4 Å². The van der Waals surface area contributed by atoms with E-state index >= 15 is 0 Å². The molecule has 2 unspecified atom stereocenters. The van der Waals surface area contributed by atoms with E-state index in [1.807, 2.05) is 43.3 Å². The van der Waals surface area contributed by atoms with Crippen molar-refractivity contribution in [3.05, 3.63) is 81.7 Å². The Labute approximate surface area is 135 Å². The maximum absolute atomic E-state index is 12.7. The summed E-state index contributed by atoms with van der Waals surface area (Å²) >= 11 is 0. The SMILES string of the molecule is CC(CCc1ccccc1)N1C(=O)c2ccccc2C1N=[N+]=[N-]. The number of amides is 1. The second-order valence-corrected chi connectivity index (χ2v) is 5.75. The minimum absolute atomic E-state index is 0.00870. The van der Waals surface area contributed by atoms with Crippen LogP contribution in [0.1, 0.15) is 41.0 Å². The molecule has 0 radical (unpaired) electrons. The van der Waals surface area contributed by atoms with Crippen LogP contribution in [0.5, 0.6) is 0 Å². The standard InChI is InChI=1S/C18H18N4O/c1-13(11-12-14-7-3-2-4-8-14)22-17(20-21-19)15-9-5-6-10-16(15)18(22)23/h2-10,13,17H,11-12H2,1H3. The van der Waals surface area contributed by atoms with Crippen LogP contribution in [0, 0.1) is 0 Å². The highest BCUT2D eigenvalue weighted by atomic mass is 16.2. The van der Waals surface area contributed by atoms with E-state index in [9.17, 15) is 4.79 Å². The molecule has 2 aromatic carbocycles. The van der Waals surface area contributed by atoms with Crippen molar-refractivity contribution in [1.82, 2.24) is 4.90 Å². The van der Waals surface area contributed by atoms with Gasteiger partial charge in [-0.15, -0.1) is 0 Å². The van der Waals surface area contributed by atoms with Crippen LogP contribution < -0.4 is 0 Å². The van der Waals surface area contributed by atoms with E-state index in [4.69, 9.17) is 5.53 Å².